The van der Waals surface area contributed by atoms with Gasteiger partial charge in [0, 0.05) is 12.1 Å². The van der Waals surface area contributed by atoms with Gasteiger partial charge in [0.25, 0.3) is 0 Å². The predicted octanol–water partition coefficient (Wildman–Crippen LogP) is -0.168. The van der Waals surface area contributed by atoms with Gasteiger partial charge in [-0.25, -0.2) is 0 Å². The van der Waals surface area contributed by atoms with E-state index in [1.54, 1.807) is 0 Å². The Hall–Kier alpha value is -0.0400. The monoisotopic (exact) mass is 93.1 g/mol. The molecule has 7 heavy (non-hydrogen) atoms. The largest absolute Gasteiger partial charge is 0.310 e. The average Bonchev–Trinajstić information content (AvgIpc) is 2.18. The molecule has 0 atom stereocenters. The minimum absolute atomic E-state index is 1.04. The summed E-state index contributed by atoms with van der Waals surface area (Å²) in [5.74, 6) is 4.81. The van der Waals surface area contributed by atoms with Crippen molar-refractivity contribution >= 4 is 0 Å². The lowest BCUT2D eigenvalue weighted by Crippen LogP contribution is -2.11. The quantitative estimate of drug-likeness (QED) is 0.438. The molecule has 0 unspecified atom stereocenters. The highest BCUT2D eigenvalue weighted by Gasteiger charge is 2.88. The SMILES string of the molecule is N1C2C3C2C2C1C32. The summed E-state index contributed by atoms with van der Waals surface area (Å²) in [7, 11) is 0. The highest BCUT2D eigenvalue weighted by atomic mass is 15.2. The van der Waals surface area contributed by atoms with Crippen molar-refractivity contribution in [3.63, 3.8) is 0 Å². The van der Waals surface area contributed by atoms with Crippen molar-refractivity contribution < 1.29 is 0 Å². The maximum absolute atomic E-state index is 3.60. The number of piperidine rings is 4. The summed E-state index contributed by atoms with van der Waals surface area (Å²) in [6.07, 6.45) is 0. The zero-order chi connectivity index (χ0) is 4.17. The van der Waals surface area contributed by atoms with E-state index in [0.717, 1.165) is 12.1 Å². The van der Waals surface area contributed by atoms with Gasteiger partial charge in [0.2, 0.25) is 0 Å². The van der Waals surface area contributed by atoms with Gasteiger partial charge in [0.15, 0.2) is 0 Å². The maximum Gasteiger partial charge on any atom is 0.0140 e. The fourth-order valence-corrected chi connectivity index (χ4v) is 3.22. The van der Waals surface area contributed by atoms with Crippen LogP contribution in [0, 0.1) is 23.7 Å². The lowest BCUT2D eigenvalue weighted by molar-refractivity contribution is 0.434. The minimum Gasteiger partial charge on any atom is -0.310 e. The normalized spacial score (nSPS) is 96.0. The molecular formula is C6H7N. The van der Waals surface area contributed by atoms with Gasteiger partial charge in [0.05, 0.1) is 0 Å². The summed E-state index contributed by atoms with van der Waals surface area (Å²) >= 11 is 0. The molecule has 5 aliphatic rings. The Labute approximate surface area is 42.1 Å². The standard InChI is InChI=1S/C6H7N/c7-5-1-2(5)4-3(1)6(4)7/h1-7H. The first-order valence-corrected chi connectivity index (χ1v) is 3.24. The second-order valence-corrected chi connectivity index (χ2v) is 3.53. The van der Waals surface area contributed by atoms with Gasteiger partial charge < -0.3 is 5.32 Å². The van der Waals surface area contributed by atoms with Crippen molar-refractivity contribution in [2.45, 2.75) is 12.1 Å². The summed E-state index contributed by atoms with van der Waals surface area (Å²) in [5, 5.41) is 3.60. The summed E-state index contributed by atoms with van der Waals surface area (Å²) in [5.41, 5.74) is 0. The smallest absolute Gasteiger partial charge is 0.0140 e. The Bertz CT molecular complexity index is 104. The molecule has 0 aromatic heterocycles. The fourth-order valence-electron chi connectivity index (χ4n) is 3.22. The average molecular weight is 93.1 g/mol. The van der Waals surface area contributed by atoms with E-state index in [1.807, 2.05) is 0 Å². The van der Waals surface area contributed by atoms with Gasteiger partial charge in [-0.05, 0) is 23.7 Å². The molecule has 2 aliphatic heterocycles. The first-order valence-electron chi connectivity index (χ1n) is 3.24. The van der Waals surface area contributed by atoms with Crippen molar-refractivity contribution in [2.24, 2.45) is 23.7 Å². The predicted molar refractivity (Wildman–Crippen MR) is 24.7 cm³/mol. The van der Waals surface area contributed by atoms with Crippen LogP contribution in [-0.4, -0.2) is 12.1 Å². The van der Waals surface area contributed by atoms with E-state index in [0.29, 0.717) is 0 Å². The second kappa shape index (κ2) is 0.408. The van der Waals surface area contributed by atoms with Crippen LogP contribution in [0.25, 0.3) is 0 Å². The Kier molecular flexibility index (Phi) is 0.145. The Balaban J connectivity index is 2.20. The summed E-state index contributed by atoms with van der Waals surface area (Å²) in [6.45, 7) is 0. The van der Waals surface area contributed by atoms with Gasteiger partial charge in [-0.2, -0.15) is 0 Å². The van der Waals surface area contributed by atoms with Crippen molar-refractivity contribution in [1.29, 1.82) is 0 Å². The molecule has 1 N–H and O–H groups in total. The minimum atomic E-state index is 1.04. The van der Waals surface area contributed by atoms with Crippen molar-refractivity contribution in [1.82, 2.24) is 5.32 Å². The van der Waals surface area contributed by atoms with Crippen LogP contribution in [-0.2, 0) is 0 Å². The number of nitrogens with one attached hydrogen (secondary N) is 1. The third-order valence-corrected chi connectivity index (χ3v) is 3.54. The van der Waals surface area contributed by atoms with Crippen molar-refractivity contribution in [3.8, 4) is 0 Å². The first kappa shape index (κ1) is 2.49. The molecule has 0 amide bonds. The van der Waals surface area contributed by atoms with Crippen LogP contribution < -0.4 is 5.32 Å². The molecule has 3 aliphatic carbocycles. The third-order valence-electron chi connectivity index (χ3n) is 3.54. The molecule has 2 bridgehead atoms. The Morgan fingerprint density at radius 3 is 1.29 bits per heavy atom. The van der Waals surface area contributed by atoms with Gasteiger partial charge in [-0.3, -0.25) is 0 Å². The molecule has 0 radical (unpaired) electrons. The van der Waals surface area contributed by atoms with E-state index >= 15 is 0 Å². The summed E-state index contributed by atoms with van der Waals surface area (Å²) in [4.78, 5) is 0. The van der Waals surface area contributed by atoms with Crippen molar-refractivity contribution in [3.05, 3.63) is 0 Å². The van der Waals surface area contributed by atoms with E-state index in [1.165, 1.54) is 23.7 Å². The molecule has 2 heterocycles. The van der Waals surface area contributed by atoms with E-state index in [4.69, 9.17) is 0 Å². The molecule has 36 valence electrons. The van der Waals surface area contributed by atoms with E-state index < -0.39 is 0 Å². The van der Waals surface area contributed by atoms with Crippen LogP contribution in [0.1, 0.15) is 0 Å². The van der Waals surface area contributed by atoms with Crippen molar-refractivity contribution in [2.75, 3.05) is 0 Å². The highest BCUT2D eigenvalue weighted by Crippen LogP contribution is 2.82. The fraction of sp³-hybridized carbons (Fsp3) is 1.00. The van der Waals surface area contributed by atoms with Gasteiger partial charge >= 0.3 is 0 Å². The maximum atomic E-state index is 3.60. The molecule has 0 aromatic carbocycles. The van der Waals surface area contributed by atoms with Gasteiger partial charge in [0.1, 0.15) is 0 Å². The topological polar surface area (TPSA) is 12.0 Å². The molecule has 0 spiro atoms. The number of rotatable bonds is 0. The number of hydrogen-bond acceptors (Lipinski definition) is 1. The third kappa shape index (κ3) is 0.0915. The molecule has 5 rings (SSSR count). The molecule has 0 aromatic rings. The molecule has 1 heteroatoms. The Morgan fingerprint density at radius 1 is 0.714 bits per heavy atom. The summed E-state index contributed by atoms with van der Waals surface area (Å²) < 4.78 is 0. The summed E-state index contributed by atoms with van der Waals surface area (Å²) in [6, 6.07) is 2.08. The molecule has 2 saturated heterocycles. The van der Waals surface area contributed by atoms with Gasteiger partial charge in [-0.1, -0.05) is 0 Å². The first-order chi connectivity index (χ1) is 3.48. The molecular weight excluding hydrogens is 86.1 g/mol. The van der Waals surface area contributed by atoms with Crippen LogP contribution in [0.2, 0.25) is 0 Å². The molecule has 3 saturated carbocycles. The van der Waals surface area contributed by atoms with Crippen LogP contribution in [0.4, 0.5) is 0 Å². The van der Waals surface area contributed by atoms with Crippen LogP contribution in [0.15, 0.2) is 0 Å². The van der Waals surface area contributed by atoms with Crippen LogP contribution >= 0.6 is 0 Å². The van der Waals surface area contributed by atoms with Gasteiger partial charge in [-0.15, -0.1) is 0 Å². The lowest BCUT2D eigenvalue weighted by atomic mass is 10.0. The number of hydrogen-bond donors (Lipinski definition) is 1. The molecule has 1 nitrogen and oxygen atoms in total. The van der Waals surface area contributed by atoms with E-state index in [9.17, 15) is 0 Å². The van der Waals surface area contributed by atoms with Crippen LogP contribution in [0.3, 0.4) is 0 Å². The second-order valence-electron chi connectivity index (χ2n) is 3.53. The lowest BCUT2D eigenvalue weighted by Gasteiger charge is -2.02. The van der Waals surface area contributed by atoms with Crippen LogP contribution in [0.5, 0.6) is 0 Å². The zero-order valence-electron chi connectivity index (χ0n) is 3.96. The zero-order valence-corrected chi connectivity index (χ0v) is 3.96. The molecule has 5 fully saturated rings. The Morgan fingerprint density at radius 2 is 1.14 bits per heavy atom. The highest BCUT2D eigenvalue weighted by molar-refractivity contribution is 5.41. The van der Waals surface area contributed by atoms with E-state index in [2.05, 4.69) is 5.32 Å². The van der Waals surface area contributed by atoms with E-state index in [-0.39, 0.29) is 0 Å².